The minimum absolute atomic E-state index is 0.0836. The monoisotopic (exact) mass is 260 g/mol. The van der Waals surface area contributed by atoms with Crippen LogP contribution in [-0.2, 0) is 16.4 Å². The fraction of sp³-hybridized carbons (Fsp3) is 0.600. The van der Waals surface area contributed by atoms with Crippen LogP contribution in [0.15, 0.2) is 11.4 Å². The van der Waals surface area contributed by atoms with E-state index in [-0.39, 0.29) is 11.8 Å². The fourth-order valence-electron chi connectivity index (χ4n) is 1.92. The molecule has 0 aromatic carbocycles. The van der Waals surface area contributed by atoms with Crippen molar-refractivity contribution in [1.82, 2.24) is 5.32 Å². The van der Waals surface area contributed by atoms with Crippen molar-refractivity contribution < 1.29 is 8.42 Å². The minimum atomic E-state index is -2.82. The van der Waals surface area contributed by atoms with Crippen LogP contribution in [-0.4, -0.2) is 26.0 Å². The quantitative estimate of drug-likeness (QED) is 0.850. The number of anilines is 1. The predicted molar refractivity (Wildman–Crippen MR) is 67.2 cm³/mol. The van der Waals surface area contributed by atoms with Crippen molar-refractivity contribution in [3.8, 4) is 0 Å². The Bertz CT molecular complexity index is 453. The highest BCUT2D eigenvalue weighted by atomic mass is 32.2. The van der Waals surface area contributed by atoms with Crippen LogP contribution >= 0.6 is 11.3 Å². The lowest BCUT2D eigenvalue weighted by atomic mass is 10.2. The summed E-state index contributed by atoms with van der Waals surface area (Å²) in [6.45, 7) is 0.670. The normalized spacial score (nSPS) is 24.4. The molecule has 2 rings (SSSR count). The molecular formula is C10H16N2O2S2. The first-order chi connectivity index (χ1) is 7.57. The molecule has 0 bridgehead atoms. The van der Waals surface area contributed by atoms with E-state index in [2.05, 4.69) is 5.32 Å². The molecule has 90 valence electrons. The van der Waals surface area contributed by atoms with Crippen molar-refractivity contribution in [1.29, 1.82) is 0 Å². The summed E-state index contributed by atoms with van der Waals surface area (Å²) in [6.07, 6.45) is 1.70. The Morgan fingerprint density at radius 1 is 1.56 bits per heavy atom. The van der Waals surface area contributed by atoms with E-state index in [1.807, 2.05) is 11.4 Å². The number of nitrogens with one attached hydrogen (secondary N) is 1. The molecule has 0 radical (unpaired) electrons. The maximum absolute atomic E-state index is 11.4. The summed E-state index contributed by atoms with van der Waals surface area (Å²) in [5.41, 5.74) is 6.55. The van der Waals surface area contributed by atoms with Gasteiger partial charge in [0.25, 0.3) is 0 Å². The molecule has 3 N–H and O–H groups in total. The van der Waals surface area contributed by atoms with Gasteiger partial charge in [0.15, 0.2) is 9.84 Å². The van der Waals surface area contributed by atoms with Crippen LogP contribution in [0.2, 0.25) is 0 Å². The highest BCUT2D eigenvalue weighted by Gasteiger charge is 2.24. The number of nitrogen functional groups attached to an aromatic ring is 1. The van der Waals surface area contributed by atoms with Gasteiger partial charge in [0.1, 0.15) is 0 Å². The average Bonchev–Trinajstić information content (AvgIpc) is 2.60. The SMILES string of the molecule is Nc1ccsc1CNC1CCCS(=O)(=O)C1. The Morgan fingerprint density at radius 2 is 2.38 bits per heavy atom. The maximum Gasteiger partial charge on any atom is 0.151 e. The summed E-state index contributed by atoms with van der Waals surface area (Å²) >= 11 is 1.60. The molecule has 1 aromatic rings. The van der Waals surface area contributed by atoms with Gasteiger partial charge in [-0.2, -0.15) is 0 Å². The lowest BCUT2D eigenvalue weighted by molar-refractivity contribution is 0.482. The Morgan fingerprint density at radius 3 is 3.00 bits per heavy atom. The third kappa shape index (κ3) is 2.96. The second kappa shape index (κ2) is 4.73. The van der Waals surface area contributed by atoms with E-state index >= 15 is 0 Å². The van der Waals surface area contributed by atoms with E-state index in [9.17, 15) is 8.42 Å². The van der Waals surface area contributed by atoms with E-state index in [0.717, 1.165) is 23.4 Å². The van der Waals surface area contributed by atoms with Gasteiger partial charge < -0.3 is 11.1 Å². The van der Waals surface area contributed by atoms with Gasteiger partial charge in [0.2, 0.25) is 0 Å². The zero-order valence-corrected chi connectivity index (χ0v) is 10.6. The predicted octanol–water partition coefficient (Wildman–Crippen LogP) is 0.997. The van der Waals surface area contributed by atoms with Crippen molar-refractivity contribution >= 4 is 26.9 Å². The van der Waals surface area contributed by atoms with Crippen LogP contribution < -0.4 is 11.1 Å². The molecule has 1 unspecified atom stereocenters. The van der Waals surface area contributed by atoms with Crippen LogP contribution in [0.5, 0.6) is 0 Å². The molecule has 0 aliphatic carbocycles. The highest BCUT2D eigenvalue weighted by molar-refractivity contribution is 7.91. The Kier molecular flexibility index (Phi) is 3.51. The molecular weight excluding hydrogens is 244 g/mol. The van der Waals surface area contributed by atoms with Crippen LogP contribution in [0.1, 0.15) is 17.7 Å². The number of sulfone groups is 1. The largest absolute Gasteiger partial charge is 0.398 e. The van der Waals surface area contributed by atoms with Gasteiger partial charge in [-0.15, -0.1) is 11.3 Å². The van der Waals surface area contributed by atoms with Gasteiger partial charge in [-0.1, -0.05) is 0 Å². The average molecular weight is 260 g/mol. The number of hydrogen-bond acceptors (Lipinski definition) is 5. The summed E-state index contributed by atoms with van der Waals surface area (Å²) in [5, 5.41) is 5.22. The van der Waals surface area contributed by atoms with E-state index in [1.54, 1.807) is 11.3 Å². The molecule has 4 nitrogen and oxygen atoms in total. The molecule has 2 heterocycles. The molecule has 1 aliphatic heterocycles. The van der Waals surface area contributed by atoms with Crippen molar-refractivity contribution in [3.63, 3.8) is 0 Å². The number of hydrogen-bond donors (Lipinski definition) is 2. The topological polar surface area (TPSA) is 72.2 Å². The van der Waals surface area contributed by atoms with Gasteiger partial charge in [-0.05, 0) is 24.3 Å². The zero-order valence-electron chi connectivity index (χ0n) is 8.98. The lowest BCUT2D eigenvalue weighted by Gasteiger charge is -2.22. The molecule has 0 spiro atoms. The van der Waals surface area contributed by atoms with Gasteiger partial charge in [-0.3, -0.25) is 0 Å². The summed E-state index contributed by atoms with van der Waals surface area (Å²) in [7, 11) is -2.82. The second-order valence-corrected chi connectivity index (χ2v) is 7.36. The second-order valence-electron chi connectivity index (χ2n) is 4.13. The van der Waals surface area contributed by atoms with E-state index in [0.29, 0.717) is 12.3 Å². The molecule has 6 heteroatoms. The molecule has 1 fully saturated rings. The van der Waals surface area contributed by atoms with Crippen molar-refractivity contribution in [2.75, 3.05) is 17.2 Å². The maximum atomic E-state index is 11.4. The first-order valence-electron chi connectivity index (χ1n) is 5.32. The van der Waals surface area contributed by atoms with Crippen molar-refractivity contribution in [2.45, 2.75) is 25.4 Å². The van der Waals surface area contributed by atoms with Crippen LogP contribution in [0.3, 0.4) is 0 Å². The first-order valence-corrected chi connectivity index (χ1v) is 8.02. The Labute approximate surface area is 99.8 Å². The minimum Gasteiger partial charge on any atom is -0.398 e. The molecule has 0 saturated carbocycles. The fourth-order valence-corrected chi connectivity index (χ4v) is 4.34. The van der Waals surface area contributed by atoms with Gasteiger partial charge >= 0.3 is 0 Å². The number of thiophene rings is 1. The van der Waals surface area contributed by atoms with Gasteiger partial charge in [0, 0.05) is 23.2 Å². The highest BCUT2D eigenvalue weighted by Crippen LogP contribution is 2.19. The van der Waals surface area contributed by atoms with E-state index < -0.39 is 9.84 Å². The Hall–Kier alpha value is -0.590. The summed E-state index contributed by atoms with van der Waals surface area (Å²) in [5.74, 6) is 0.602. The smallest absolute Gasteiger partial charge is 0.151 e. The van der Waals surface area contributed by atoms with E-state index in [4.69, 9.17) is 5.73 Å². The summed E-state index contributed by atoms with van der Waals surface area (Å²) in [6, 6.07) is 1.96. The van der Waals surface area contributed by atoms with Crippen molar-refractivity contribution in [2.24, 2.45) is 0 Å². The zero-order chi connectivity index (χ0) is 11.6. The standard InChI is InChI=1S/C10H16N2O2S2/c11-9-3-4-15-10(9)6-12-8-2-1-5-16(13,14)7-8/h3-4,8,12H,1-2,5-7,11H2. The molecule has 16 heavy (non-hydrogen) atoms. The molecule has 0 amide bonds. The van der Waals surface area contributed by atoms with Gasteiger partial charge in [0.05, 0.1) is 11.5 Å². The molecule has 1 aromatic heterocycles. The molecule has 1 saturated heterocycles. The third-order valence-corrected chi connectivity index (χ3v) is 5.55. The molecule has 1 atom stereocenters. The van der Waals surface area contributed by atoms with Gasteiger partial charge in [-0.25, -0.2) is 8.42 Å². The lowest BCUT2D eigenvalue weighted by Crippen LogP contribution is -2.39. The summed E-state index contributed by atoms with van der Waals surface area (Å²) in [4.78, 5) is 1.09. The Balaban J connectivity index is 1.89. The third-order valence-electron chi connectivity index (χ3n) is 2.79. The van der Waals surface area contributed by atoms with Crippen LogP contribution in [0.25, 0.3) is 0 Å². The van der Waals surface area contributed by atoms with Crippen molar-refractivity contribution in [3.05, 3.63) is 16.3 Å². The van der Waals surface area contributed by atoms with Crippen LogP contribution in [0.4, 0.5) is 5.69 Å². The van der Waals surface area contributed by atoms with E-state index in [1.165, 1.54) is 0 Å². The van der Waals surface area contributed by atoms with Crippen LogP contribution in [0, 0.1) is 0 Å². The first kappa shape index (κ1) is 11.9. The molecule has 1 aliphatic rings. The number of rotatable bonds is 3. The summed E-state index contributed by atoms with van der Waals surface area (Å²) < 4.78 is 22.9. The number of nitrogens with two attached hydrogens (primary N) is 1.